The Labute approximate surface area is 116 Å². The molecule has 2 N–H and O–H groups in total. The molecule has 19 heavy (non-hydrogen) atoms. The molecule has 1 aromatic carbocycles. The SMILES string of the molecule is OC1CCCCC1CNC(c1ccccc1)C1CC1. The third-order valence-corrected chi connectivity index (χ3v) is 4.72. The highest BCUT2D eigenvalue weighted by Crippen LogP contribution is 2.41. The summed E-state index contributed by atoms with van der Waals surface area (Å²) in [6, 6.07) is 11.3. The predicted octanol–water partition coefficient (Wildman–Crippen LogP) is 3.28. The van der Waals surface area contributed by atoms with Gasteiger partial charge in [-0.25, -0.2) is 0 Å². The lowest BCUT2D eigenvalue weighted by molar-refractivity contribution is 0.0676. The number of rotatable bonds is 5. The summed E-state index contributed by atoms with van der Waals surface area (Å²) < 4.78 is 0. The molecule has 0 aliphatic heterocycles. The molecule has 0 bridgehead atoms. The summed E-state index contributed by atoms with van der Waals surface area (Å²) in [4.78, 5) is 0. The van der Waals surface area contributed by atoms with Crippen LogP contribution in [0.5, 0.6) is 0 Å². The molecule has 3 rings (SSSR count). The van der Waals surface area contributed by atoms with Crippen molar-refractivity contribution in [2.24, 2.45) is 11.8 Å². The van der Waals surface area contributed by atoms with E-state index in [1.807, 2.05) is 0 Å². The molecule has 0 heterocycles. The first kappa shape index (κ1) is 13.1. The highest BCUT2D eigenvalue weighted by atomic mass is 16.3. The van der Waals surface area contributed by atoms with Gasteiger partial charge in [-0.1, -0.05) is 43.2 Å². The van der Waals surface area contributed by atoms with Crippen molar-refractivity contribution >= 4 is 0 Å². The van der Waals surface area contributed by atoms with Crippen LogP contribution in [-0.2, 0) is 0 Å². The molecule has 2 saturated carbocycles. The minimum absolute atomic E-state index is 0.0862. The van der Waals surface area contributed by atoms with Gasteiger partial charge in [-0.15, -0.1) is 0 Å². The first-order valence-electron chi connectivity index (χ1n) is 7.81. The summed E-state index contributed by atoms with van der Waals surface area (Å²) in [5.41, 5.74) is 1.41. The zero-order valence-electron chi connectivity index (χ0n) is 11.6. The standard InChI is InChI=1S/C17H25NO/c19-16-9-5-4-8-15(16)12-18-17(14-10-11-14)13-6-2-1-3-7-13/h1-3,6-7,14-19H,4-5,8-12H2. The third-order valence-electron chi connectivity index (χ3n) is 4.72. The van der Waals surface area contributed by atoms with Gasteiger partial charge in [0, 0.05) is 12.6 Å². The molecule has 0 amide bonds. The summed E-state index contributed by atoms with van der Waals surface area (Å²) in [6.07, 6.45) is 7.26. The first-order valence-corrected chi connectivity index (χ1v) is 7.81. The highest BCUT2D eigenvalue weighted by Gasteiger charge is 2.33. The summed E-state index contributed by atoms with van der Waals surface area (Å²) in [5.74, 6) is 1.27. The van der Waals surface area contributed by atoms with Crippen molar-refractivity contribution in [3.05, 3.63) is 35.9 Å². The molecular formula is C17H25NO. The minimum Gasteiger partial charge on any atom is -0.393 e. The molecule has 3 atom stereocenters. The summed E-state index contributed by atoms with van der Waals surface area (Å²) in [5, 5.41) is 13.8. The summed E-state index contributed by atoms with van der Waals surface area (Å²) in [6.45, 7) is 0.969. The van der Waals surface area contributed by atoms with Crippen LogP contribution in [0.3, 0.4) is 0 Å². The summed E-state index contributed by atoms with van der Waals surface area (Å²) in [7, 11) is 0. The smallest absolute Gasteiger partial charge is 0.0580 e. The number of aliphatic hydroxyl groups is 1. The fourth-order valence-electron chi connectivity index (χ4n) is 3.35. The number of nitrogens with one attached hydrogen (secondary N) is 1. The fourth-order valence-corrected chi connectivity index (χ4v) is 3.35. The van der Waals surface area contributed by atoms with E-state index in [0.29, 0.717) is 12.0 Å². The molecule has 2 fully saturated rings. The van der Waals surface area contributed by atoms with E-state index in [9.17, 15) is 5.11 Å². The van der Waals surface area contributed by atoms with Crippen molar-refractivity contribution in [2.75, 3.05) is 6.54 Å². The highest BCUT2D eigenvalue weighted by molar-refractivity contribution is 5.21. The van der Waals surface area contributed by atoms with Gasteiger partial charge in [0.1, 0.15) is 0 Å². The zero-order valence-corrected chi connectivity index (χ0v) is 11.6. The Bertz CT molecular complexity index is 388. The molecule has 0 radical (unpaired) electrons. The maximum absolute atomic E-state index is 10.1. The monoisotopic (exact) mass is 259 g/mol. The van der Waals surface area contributed by atoms with Crippen molar-refractivity contribution in [3.8, 4) is 0 Å². The average molecular weight is 259 g/mol. The van der Waals surface area contributed by atoms with Crippen molar-refractivity contribution in [1.29, 1.82) is 0 Å². The number of hydrogen-bond acceptors (Lipinski definition) is 2. The third kappa shape index (κ3) is 3.37. The first-order chi connectivity index (χ1) is 9.34. The van der Waals surface area contributed by atoms with Crippen LogP contribution >= 0.6 is 0 Å². The molecule has 2 nitrogen and oxygen atoms in total. The van der Waals surface area contributed by atoms with E-state index in [-0.39, 0.29) is 6.10 Å². The molecule has 3 unspecified atom stereocenters. The van der Waals surface area contributed by atoms with E-state index in [0.717, 1.165) is 18.9 Å². The Kier molecular flexibility index (Phi) is 4.19. The van der Waals surface area contributed by atoms with Gasteiger partial charge in [0.05, 0.1) is 6.10 Å². The van der Waals surface area contributed by atoms with E-state index in [4.69, 9.17) is 0 Å². The van der Waals surface area contributed by atoms with Crippen LogP contribution < -0.4 is 5.32 Å². The molecule has 0 aromatic heterocycles. The molecule has 2 heteroatoms. The maximum Gasteiger partial charge on any atom is 0.0580 e. The van der Waals surface area contributed by atoms with Crippen LogP contribution in [0.2, 0.25) is 0 Å². The van der Waals surface area contributed by atoms with Gasteiger partial charge < -0.3 is 10.4 Å². The van der Waals surface area contributed by atoms with E-state index in [1.54, 1.807) is 0 Å². The van der Waals surface area contributed by atoms with Crippen molar-refractivity contribution in [2.45, 2.75) is 50.7 Å². The lowest BCUT2D eigenvalue weighted by Crippen LogP contribution is -2.36. The molecule has 2 aliphatic carbocycles. The van der Waals surface area contributed by atoms with Gasteiger partial charge in [-0.2, -0.15) is 0 Å². The average Bonchev–Trinajstić information content (AvgIpc) is 3.27. The number of benzene rings is 1. The Balaban J connectivity index is 1.59. The molecule has 104 valence electrons. The molecular weight excluding hydrogens is 234 g/mol. The van der Waals surface area contributed by atoms with E-state index in [1.165, 1.54) is 37.7 Å². The van der Waals surface area contributed by atoms with Crippen molar-refractivity contribution in [3.63, 3.8) is 0 Å². The Morgan fingerprint density at radius 1 is 1.05 bits per heavy atom. The van der Waals surface area contributed by atoms with Crippen LogP contribution in [0.4, 0.5) is 0 Å². The second kappa shape index (κ2) is 6.06. The maximum atomic E-state index is 10.1. The Hall–Kier alpha value is -0.860. The lowest BCUT2D eigenvalue weighted by Gasteiger charge is -2.30. The minimum atomic E-state index is -0.0862. The van der Waals surface area contributed by atoms with Crippen LogP contribution in [0.15, 0.2) is 30.3 Å². The van der Waals surface area contributed by atoms with Crippen LogP contribution in [0.1, 0.15) is 50.1 Å². The van der Waals surface area contributed by atoms with E-state index >= 15 is 0 Å². The Morgan fingerprint density at radius 3 is 2.47 bits per heavy atom. The fraction of sp³-hybridized carbons (Fsp3) is 0.647. The predicted molar refractivity (Wildman–Crippen MR) is 77.9 cm³/mol. The van der Waals surface area contributed by atoms with Gasteiger partial charge in [0.15, 0.2) is 0 Å². The number of hydrogen-bond donors (Lipinski definition) is 2. The van der Waals surface area contributed by atoms with Gasteiger partial charge in [-0.05, 0) is 43.1 Å². The van der Waals surface area contributed by atoms with Crippen molar-refractivity contribution in [1.82, 2.24) is 5.32 Å². The van der Waals surface area contributed by atoms with Gasteiger partial charge in [0.25, 0.3) is 0 Å². The van der Waals surface area contributed by atoms with E-state index < -0.39 is 0 Å². The molecule has 0 spiro atoms. The quantitative estimate of drug-likeness (QED) is 0.850. The molecule has 0 saturated heterocycles. The van der Waals surface area contributed by atoms with Gasteiger partial charge in [0.2, 0.25) is 0 Å². The molecule has 2 aliphatic rings. The second-order valence-electron chi connectivity index (χ2n) is 6.25. The normalized spacial score (nSPS) is 29.1. The van der Waals surface area contributed by atoms with E-state index in [2.05, 4.69) is 35.6 Å². The lowest BCUT2D eigenvalue weighted by atomic mass is 9.86. The Morgan fingerprint density at radius 2 is 1.79 bits per heavy atom. The molecule has 1 aromatic rings. The van der Waals surface area contributed by atoms with Crippen LogP contribution in [0.25, 0.3) is 0 Å². The number of aliphatic hydroxyl groups excluding tert-OH is 1. The van der Waals surface area contributed by atoms with Gasteiger partial charge >= 0.3 is 0 Å². The van der Waals surface area contributed by atoms with Gasteiger partial charge in [-0.3, -0.25) is 0 Å². The zero-order chi connectivity index (χ0) is 13.1. The largest absolute Gasteiger partial charge is 0.393 e. The second-order valence-corrected chi connectivity index (χ2v) is 6.25. The van der Waals surface area contributed by atoms with Crippen LogP contribution in [-0.4, -0.2) is 17.8 Å². The summed E-state index contributed by atoms with van der Waals surface area (Å²) >= 11 is 0. The van der Waals surface area contributed by atoms with Crippen molar-refractivity contribution < 1.29 is 5.11 Å². The van der Waals surface area contributed by atoms with Crippen LogP contribution in [0, 0.1) is 11.8 Å². The topological polar surface area (TPSA) is 32.3 Å².